The number of hydrogen-bond donors (Lipinski definition) is 1. The molecule has 0 aliphatic rings. The van der Waals surface area contributed by atoms with Gasteiger partial charge in [0.1, 0.15) is 4.88 Å². The summed E-state index contributed by atoms with van der Waals surface area (Å²) in [7, 11) is 0. The smallest absolute Gasteiger partial charge is 0.348 e. The fourth-order valence-electron chi connectivity index (χ4n) is 2.75. The predicted molar refractivity (Wildman–Crippen MR) is 110 cm³/mol. The van der Waals surface area contributed by atoms with E-state index in [1.807, 2.05) is 42.5 Å². The molecule has 0 fully saturated rings. The molecule has 0 radical (unpaired) electrons. The highest BCUT2D eigenvalue weighted by atomic mass is 35.5. The van der Waals surface area contributed by atoms with Crippen LogP contribution in [0, 0.1) is 0 Å². The molecule has 2 aromatic carbocycles. The van der Waals surface area contributed by atoms with Crippen LogP contribution in [0.1, 0.15) is 28.6 Å². The Morgan fingerprint density at radius 1 is 1.07 bits per heavy atom. The zero-order valence-electron chi connectivity index (χ0n) is 14.7. The monoisotopic (exact) mass is 399 g/mol. The summed E-state index contributed by atoms with van der Waals surface area (Å²) in [5, 5.41) is 10.3. The number of amides is 1. The molecule has 0 saturated carbocycles. The van der Waals surface area contributed by atoms with Gasteiger partial charge in [-0.2, -0.15) is 0 Å². The maximum Gasteiger partial charge on any atom is 0.348 e. The van der Waals surface area contributed by atoms with E-state index in [1.165, 1.54) is 16.2 Å². The van der Waals surface area contributed by atoms with E-state index in [9.17, 15) is 14.7 Å². The minimum absolute atomic E-state index is 0.134. The van der Waals surface area contributed by atoms with Crippen molar-refractivity contribution in [3.63, 3.8) is 0 Å². The number of aromatic carboxylic acids is 1. The topological polar surface area (TPSA) is 57.6 Å². The van der Waals surface area contributed by atoms with Crippen molar-refractivity contribution in [3.05, 3.63) is 76.1 Å². The van der Waals surface area contributed by atoms with E-state index in [-0.39, 0.29) is 23.7 Å². The molecule has 138 valence electrons. The molecule has 1 aromatic heterocycles. The number of carbonyl (C=O) groups excluding carboxylic acids is 1. The van der Waals surface area contributed by atoms with Crippen molar-refractivity contribution in [3.8, 4) is 10.4 Å². The third-order valence-corrected chi connectivity index (χ3v) is 5.53. The summed E-state index contributed by atoms with van der Waals surface area (Å²) < 4.78 is 0. The number of carbonyl (C=O) groups is 2. The second-order valence-corrected chi connectivity index (χ2v) is 7.44. The minimum Gasteiger partial charge on any atom is -0.477 e. The van der Waals surface area contributed by atoms with Crippen LogP contribution in [0.2, 0.25) is 5.02 Å². The van der Waals surface area contributed by atoms with Gasteiger partial charge in [0.15, 0.2) is 0 Å². The van der Waals surface area contributed by atoms with E-state index in [1.54, 1.807) is 25.1 Å². The Balaban J connectivity index is 2.05. The fourth-order valence-corrected chi connectivity index (χ4v) is 3.88. The number of hydrogen-bond acceptors (Lipinski definition) is 3. The molecule has 0 saturated heterocycles. The van der Waals surface area contributed by atoms with E-state index < -0.39 is 5.97 Å². The lowest BCUT2D eigenvalue weighted by Crippen LogP contribution is -2.30. The Morgan fingerprint density at radius 3 is 2.33 bits per heavy atom. The van der Waals surface area contributed by atoms with E-state index in [0.29, 0.717) is 10.7 Å². The van der Waals surface area contributed by atoms with E-state index in [0.717, 1.165) is 16.0 Å². The summed E-state index contributed by atoms with van der Waals surface area (Å²) in [4.78, 5) is 27.0. The van der Waals surface area contributed by atoms with Crippen molar-refractivity contribution in [2.75, 3.05) is 4.90 Å². The number of nitrogens with zero attached hydrogens (tertiary/aromatic N) is 1. The zero-order chi connectivity index (χ0) is 19.4. The van der Waals surface area contributed by atoms with Crippen LogP contribution in [0.25, 0.3) is 10.4 Å². The molecule has 0 spiro atoms. The second-order valence-electron chi connectivity index (χ2n) is 5.96. The summed E-state index contributed by atoms with van der Waals surface area (Å²) in [5.74, 6) is -1.17. The number of halogens is 1. The van der Waals surface area contributed by atoms with Crippen molar-refractivity contribution >= 4 is 40.5 Å². The lowest BCUT2D eigenvalue weighted by molar-refractivity contribution is -0.118. The van der Waals surface area contributed by atoms with Gasteiger partial charge in [0.05, 0.1) is 12.2 Å². The first-order chi connectivity index (χ1) is 13.0. The lowest BCUT2D eigenvalue weighted by atomic mass is 10.1. The van der Waals surface area contributed by atoms with E-state index >= 15 is 0 Å². The Bertz CT molecular complexity index is 951. The number of rotatable bonds is 6. The van der Waals surface area contributed by atoms with Crippen LogP contribution >= 0.6 is 22.9 Å². The van der Waals surface area contributed by atoms with E-state index in [4.69, 9.17) is 11.6 Å². The van der Waals surface area contributed by atoms with Crippen LogP contribution in [-0.4, -0.2) is 17.0 Å². The van der Waals surface area contributed by atoms with Gasteiger partial charge in [0.25, 0.3) is 0 Å². The molecule has 1 N–H and O–H groups in total. The van der Waals surface area contributed by atoms with Crippen molar-refractivity contribution in [2.45, 2.75) is 19.9 Å². The van der Waals surface area contributed by atoms with Gasteiger partial charge in [-0.05, 0) is 29.3 Å². The molecule has 0 aliphatic carbocycles. The molecule has 0 aliphatic heterocycles. The highest BCUT2D eigenvalue weighted by molar-refractivity contribution is 7.18. The first-order valence-corrected chi connectivity index (χ1v) is 9.66. The van der Waals surface area contributed by atoms with Gasteiger partial charge in [-0.3, -0.25) is 4.79 Å². The predicted octanol–water partition coefficient (Wildman–Crippen LogP) is 5.71. The molecule has 0 atom stereocenters. The fraction of sp³-hybridized carbons (Fsp3) is 0.143. The average Bonchev–Trinajstić information content (AvgIpc) is 3.13. The van der Waals surface area contributed by atoms with Gasteiger partial charge in [0, 0.05) is 16.3 Å². The molecular weight excluding hydrogens is 382 g/mol. The molecule has 4 nitrogen and oxygen atoms in total. The molecule has 0 unspecified atom stereocenters. The zero-order valence-corrected chi connectivity index (χ0v) is 16.3. The minimum atomic E-state index is -1.04. The molecule has 1 amide bonds. The molecule has 6 heteroatoms. The maximum atomic E-state index is 12.6. The first kappa shape index (κ1) is 19.1. The third kappa shape index (κ3) is 4.38. The van der Waals surface area contributed by atoms with Gasteiger partial charge < -0.3 is 10.0 Å². The van der Waals surface area contributed by atoms with Crippen LogP contribution < -0.4 is 4.90 Å². The van der Waals surface area contributed by atoms with Gasteiger partial charge >= 0.3 is 5.97 Å². The molecule has 3 rings (SSSR count). The Labute approximate surface area is 166 Å². The first-order valence-electron chi connectivity index (χ1n) is 8.47. The summed E-state index contributed by atoms with van der Waals surface area (Å²) in [6.07, 6.45) is 0.281. The number of benzene rings is 2. The average molecular weight is 400 g/mol. The van der Waals surface area contributed by atoms with E-state index in [2.05, 4.69) is 0 Å². The second kappa shape index (κ2) is 8.37. The summed E-state index contributed by atoms with van der Waals surface area (Å²) in [6, 6.07) is 18.5. The lowest BCUT2D eigenvalue weighted by Gasteiger charge is -2.22. The number of thiophene rings is 1. The van der Waals surface area contributed by atoms with Gasteiger partial charge in [-0.25, -0.2) is 4.79 Å². The SMILES string of the molecule is CCC(=O)N(Cc1ccc(Cl)cc1)c1cc(-c2ccccc2)sc1C(=O)O. The summed E-state index contributed by atoms with van der Waals surface area (Å²) >= 11 is 7.11. The Morgan fingerprint density at radius 2 is 1.74 bits per heavy atom. The summed E-state index contributed by atoms with van der Waals surface area (Å²) in [5.41, 5.74) is 2.23. The number of carboxylic acid groups (broad SMARTS) is 1. The van der Waals surface area contributed by atoms with Crippen LogP contribution in [0.4, 0.5) is 5.69 Å². The van der Waals surface area contributed by atoms with Crippen LogP contribution in [0.15, 0.2) is 60.7 Å². The highest BCUT2D eigenvalue weighted by Crippen LogP contribution is 2.37. The molecule has 0 bridgehead atoms. The molecule has 27 heavy (non-hydrogen) atoms. The van der Waals surface area contributed by atoms with Crippen LogP contribution in [-0.2, 0) is 11.3 Å². The van der Waals surface area contributed by atoms with Crippen molar-refractivity contribution in [2.24, 2.45) is 0 Å². The van der Waals surface area contributed by atoms with Crippen molar-refractivity contribution in [1.82, 2.24) is 0 Å². The normalized spacial score (nSPS) is 10.6. The molecule has 1 heterocycles. The largest absolute Gasteiger partial charge is 0.477 e. The van der Waals surface area contributed by atoms with Gasteiger partial charge in [0.2, 0.25) is 5.91 Å². The van der Waals surface area contributed by atoms with Crippen molar-refractivity contribution < 1.29 is 14.7 Å². The van der Waals surface area contributed by atoms with Crippen LogP contribution in [0.5, 0.6) is 0 Å². The van der Waals surface area contributed by atoms with Crippen LogP contribution in [0.3, 0.4) is 0 Å². The maximum absolute atomic E-state index is 12.6. The number of carboxylic acids is 1. The van der Waals surface area contributed by atoms with Gasteiger partial charge in [-0.1, -0.05) is 61.0 Å². The Hall–Kier alpha value is -2.63. The standard InChI is InChI=1S/C21H18ClNO3S/c1-2-19(24)23(13-14-8-10-16(22)11-9-14)17-12-18(27-20(17)21(25)26)15-6-4-3-5-7-15/h3-12H,2,13H2,1H3,(H,25,26). The highest BCUT2D eigenvalue weighted by Gasteiger charge is 2.24. The van der Waals surface area contributed by atoms with Gasteiger partial charge in [-0.15, -0.1) is 11.3 Å². The van der Waals surface area contributed by atoms with Crippen molar-refractivity contribution in [1.29, 1.82) is 0 Å². The third-order valence-electron chi connectivity index (χ3n) is 4.11. The quantitative estimate of drug-likeness (QED) is 0.577. The summed E-state index contributed by atoms with van der Waals surface area (Å²) in [6.45, 7) is 2.05. The Kier molecular flexibility index (Phi) is 5.94. The molecular formula is C21H18ClNO3S. The number of anilines is 1. The molecule has 3 aromatic rings.